The fourth-order valence-electron chi connectivity index (χ4n) is 3.41. The first kappa shape index (κ1) is 18.1. The van der Waals surface area contributed by atoms with Crippen molar-refractivity contribution in [3.8, 4) is 0 Å². The Kier molecular flexibility index (Phi) is 5.35. The van der Waals surface area contributed by atoms with E-state index in [0.717, 1.165) is 17.7 Å². The molecular weight excluding hydrogens is 336 g/mol. The van der Waals surface area contributed by atoms with Crippen LogP contribution in [-0.4, -0.2) is 48.3 Å². The summed E-state index contributed by atoms with van der Waals surface area (Å²) in [6.45, 7) is 3.04. The maximum Gasteiger partial charge on any atom is 0.310 e. The molecule has 1 aromatic rings. The van der Waals surface area contributed by atoms with E-state index in [0.29, 0.717) is 30.9 Å². The molecule has 1 unspecified atom stereocenters. The summed E-state index contributed by atoms with van der Waals surface area (Å²) in [7, 11) is 0. The van der Waals surface area contributed by atoms with Crippen molar-refractivity contribution in [3.05, 3.63) is 29.8 Å². The van der Waals surface area contributed by atoms with Gasteiger partial charge in [-0.25, -0.2) is 0 Å². The molecule has 0 bridgehead atoms. The predicted molar refractivity (Wildman–Crippen MR) is 93.4 cm³/mol. The molecule has 0 aliphatic carbocycles. The normalized spacial score (nSPS) is 20.4. The van der Waals surface area contributed by atoms with Gasteiger partial charge in [-0.2, -0.15) is 0 Å². The molecule has 26 heavy (non-hydrogen) atoms. The average molecular weight is 358 g/mol. The second kappa shape index (κ2) is 7.68. The van der Waals surface area contributed by atoms with Crippen molar-refractivity contribution in [2.24, 2.45) is 5.92 Å². The lowest BCUT2D eigenvalue weighted by atomic mass is 9.97. The van der Waals surface area contributed by atoms with Crippen molar-refractivity contribution in [2.45, 2.75) is 32.6 Å². The van der Waals surface area contributed by atoms with Gasteiger partial charge in [0, 0.05) is 31.5 Å². The van der Waals surface area contributed by atoms with Crippen LogP contribution in [0.4, 0.5) is 5.69 Å². The fraction of sp³-hybridized carbons (Fsp3) is 0.474. The molecule has 2 aliphatic rings. The Hall–Kier alpha value is -2.70. The monoisotopic (exact) mass is 358 g/mol. The molecule has 0 aromatic heterocycles. The van der Waals surface area contributed by atoms with Crippen molar-refractivity contribution in [1.82, 2.24) is 4.90 Å². The van der Waals surface area contributed by atoms with Gasteiger partial charge in [0.1, 0.15) is 0 Å². The highest BCUT2D eigenvalue weighted by Crippen LogP contribution is 2.24. The zero-order valence-electron chi connectivity index (χ0n) is 14.8. The van der Waals surface area contributed by atoms with Crippen molar-refractivity contribution in [1.29, 1.82) is 0 Å². The Morgan fingerprint density at radius 2 is 1.77 bits per heavy atom. The molecule has 0 spiro atoms. The van der Waals surface area contributed by atoms with Gasteiger partial charge in [-0.3, -0.25) is 24.1 Å². The van der Waals surface area contributed by atoms with Crippen LogP contribution in [0.2, 0.25) is 0 Å². The van der Waals surface area contributed by atoms with E-state index in [1.165, 1.54) is 0 Å². The lowest BCUT2D eigenvalue weighted by Gasteiger charge is -2.31. The third-order valence-electron chi connectivity index (χ3n) is 4.75. The Bertz CT molecular complexity index is 712. The molecule has 2 aliphatic heterocycles. The van der Waals surface area contributed by atoms with Crippen LogP contribution in [0.3, 0.4) is 0 Å². The van der Waals surface area contributed by atoms with E-state index in [9.17, 15) is 19.2 Å². The molecule has 2 heterocycles. The van der Waals surface area contributed by atoms with Crippen LogP contribution < -0.4 is 4.90 Å². The van der Waals surface area contributed by atoms with E-state index in [1.807, 2.05) is 0 Å². The molecular formula is C19H22N2O5. The number of ether oxygens (including phenoxy) is 1. The Morgan fingerprint density at radius 3 is 2.38 bits per heavy atom. The summed E-state index contributed by atoms with van der Waals surface area (Å²) >= 11 is 0. The standard InChI is InChI=1S/C19H22N2O5/c1-2-26-19(25)14-4-3-11-20(12-14)18(24)13-5-7-15(8-6-13)21-16(22)9-10-17(21)23/h5-8,14H,2-4,9-12H2,1H3. The lowest BCUT2D eigenvalue weighted by Crippen LogP contribution is -2.42. The number of benzene rings is 1. The molecule has 7 heteroatoms. The number of amides is 3. The molecule has 1 aromatic carbocycles. The van der Waals surface area contributed by atoms with Crippen molar-refractivity contribution in [2.75, 3.05) is 24.6 Å². The molecule has 0 N–H and O–H groups in total. The lowest BCUT2D eigenvalue weighted by molar-refractivity contribution is -0.149. The first-order chi connectivity index (χ1) is 12.5. The third-order valence-corrected chi connectivity index (χ3v) is 4.75. The molecule has 2 fully saturated rings. The smallest absolute Gasteiger partial charge is 0.310 e. The molecule has 2 saturated heterocycles. The first-order valence-corrected chi connectivity index (χ1v) is 8.93. The molecule has 3 amide bonds. The zero-order chi connectivity index (χ0) is 18.7. The molecule has 1 atom stereocenters. The van der Waals surface area contributed by atoms with Gasteiger partial charge >= 0.3 is 5.97 Å². The highest BCUT2D eigenvalue weighted by Gasteiger charge is 2.31. The van der Waals surface area contributed by atoms with E-state index in [1.54, 1.807) is 36.1 Å². The number of carbonyl (C=O) groups excluding carboxylic acids is 4. The number of hydrogen-bond donors (Lipinski definition) is 0. The molecule has 138 valence electrons. The number of esters is 1. The summed E-state index contributed by atoms with van der Waals surface area (Å²) in [6, 6.07) is 6.46. The molecule has 3 rings (SSSR count). The number of carbonyl (C=O) groups is 4. The van der Waals surface area contributed by atoms with E-state index in [4.69, 9.17) is 4.74 Å². The van der Waals surface area contributed by atoms with Crippen LogP contribution in [0, 0.1) is 5.92 Å². The van der Waals surface area contributed by atoms with Crippen LogP contribution >= 0.6 is 0 Å². The summed E-state index contributed by atoms with van der Waals surface area (Å²) in [6.07, 6.45) is 1.93. The van der Waals surface area contributed by atoms with Gasteiger partial charge in [-0.1, -0.05) is 0 Å². The van der Waals surface area contributed by atoms with Gasteiger partial charge < -0.3 is 9.64 Å². The highest BCUT2D eigenvalue weighted by atomic mass is 16.5. The third kappa shape index (κ3) is 3.61. The van der Waals surface area contributed by atoms with Gasteiger partial charge in [0.2, 0.25) is 11.8 Å². The summed E-state index contributed by atoms with van der Waals surface area (Å²) in [5, 5.41) is 0. The number of piperidine rings is 1. The van der Waals surface area contributed by atoms with Crippen LogP contribution in [0.15, 0.2) is 24.3 Å². The molecule has 7 nitrogen and oxygen atoms in total. The summed E-state index contributed by atoms with van der Waals surface area (Å²) in [4.78, 5) is 51.0. The van der Waals surface area contributed by atoms with E-state index in [2.05, 4.69) is 0 Å². The predicted octanol–water partition coefficient (Wildman–Crippen LogP) is 1.76. The second-order valence-electron chi connectivity index (χ2n) is 6.51. The van der Waals surface area contributed by atoms with Gasteiger partial charge in [0.15, 0.2) is 0 Å². The number of imide groups is 1. The SMILES string of the molecule is CCOC(=O)C1CCCN(C(=O)c2ccc(N3C(=O)CCC3=O)cc2)C1. The van der Waals surface area contributed by atoms with Crippen molar-refractivity contribution >= 4 is 29.4 Å². The number of rotatable bonds is 4. The minimum Gasteiger partial charge on any atom is -0.466 e. The van der Waals surface area contributed by atoms with Crippen LogP contribution in [0.25, 0.3) is 0 Å². The summed E-state index contributed by atoms with van der Waals surface area (Å²) in [5.74, 6) is -1.15. The van der Waals surface area contributed by atoms with E-state index in [-0.39, 0.29) is 42.5 Å². The van der Waals surface area contributed by atoms with Crippen molar-refractivity contribution in [3.63, 3.8) is 0 Å². The van der Waals surface area contributed by atoms with Gasteiger partial charge in [-0.05, 0) is 44.0 Å². The second-order valence-corrected chi connectivity index (χ2v) is 6.51. The van der Waals surface area contributed by atoms with Gasteiger partial charge in [0.25, 0.3) is 5.91 Å². The topological polar surface area (TPSA) is 84.0 Å². The highest BCUT2D eigenvalue weighted by molar-refractivity contribution is 6.19. The first-order valence-electron chi connectivity index (χ1n) is 8.93. The largest absolute Gasteiger partial charge is 0.466 e. The van der Waals surface area contributed by atoms with Gasteiger partial charge in [0.05, 0.1) is 18.2 Å². The van der Waals surface area contributed by atoms with E-state index >= 15 is 0 Å². The maximum absolute atomic E-state index is 12.7. The minimum atomic E-state index is -0.285. The summed E-state index contributed by atoms with van der Waals surface area (Å²) in [5.41, 5.74) is 0.953. The van der Waals surface area contributed by atoms with Crippen LogP contribution in [-0.2, 0) is 19.1 Å². The Morgan fingerprint density at radius 1 is 1.12 bits per heavy atom. The number of nitrogens with zero attached hydrogens (tertiary/aromatic N) is 2. The number of hydrogen-bond acceptors (Lipinski definition) is 5. The zero-order valence-corrected chi connectivity index (χ0v) is 14.8. The fourth-order valence-corrected chi connectivity index (χ4v) is 3.41. The molecule has 0 saturated carbocycles. The summed E-state index contributed by atoms with van der Waals surface area (Å²) < 4.78 is 5.06. The van der Waals surface area contributed by atoms with E-state index < -0.39 is 0 Å². The maximum atomic E-state index is 12.7. The Labute approximate surface area is 151 Å². The van der Waals surface area contributed by atoms with Crippen LogP contribution in [0.5, 0.6) is 0 Å². The quantitative estimate of drug-likeness (QED) is 0.605. The average Bonchev–Trinajstić information content (AvgIpc) is 3.00. The molecule has 0 radical (unpaired) electrons. The number of likely N-dealkylation sites (tertiary alicyclic amines) is 1. The van der Waals surface area contributed by atoms with Gasteiger partial charge in [-0.15, -0.1) is 0 Å². The number of anilines is 1. The minimum absolute atomic E-state index is 0.162. The van der Waals surface area contributed by atoms with Crippen LogP contribution in [0.1, 0.15) is 43.0 Å². The van der Waals surface area contributed by atoms with Crippen molar-refractivity contribution < 1.29 is 23.9 Å². The Balaban J connectivity index is 1.69.